The second-order valence-corrected chi connectivity index (χ2v) is 8.05. The number of rotatable bonds is 6. The molecule has 1 amide bonds. The van der Waals surface area contributed by atoms with Gasteiger partial charge >= 0.3 is 6.18 Å². The molecule has 2 heterocycles. The number of halogens is 4. The number of methoxy groups -OCH3 is 1. The number of hydrogen-bond donors (Lipinski definition) is 0. The molecule has 1 aromatic heterocycles. The number of nitrogens with zero attached hydrogens (tertiary/aromatic N) is 3. The van der Waals surface area contributed by atoms with E-state index >= 15 is 0 Å². The van der Waals surface area contributed by atoms with Crippen molar-refractivity contribution in [3.05, 3.63) is 83.3 Å². The fraction of sp³-hybridized carbons (Fsp3) is 0.280. The van der Waals surface area contributed by atoms with Crippen LogP contribution in [0.3, 0.4) is 0 Å². The molecule has 0 radical (unpaired) electrons. The summed E-state index contributed by atoms with van der Waals surface area (Å²) in [4.78, 5) is 20.4. The summed E-state index contributed by atoms with van der Waals surface area (Å²) in [5.41, 5.74) is 0.451. The first-order valence-electron chi connectivity index (χ1n) is 10.9. The van der Waals surface area contributed by atoms with Crippen LogP contribution in [0.25, 0.3) is 0 Å². The highest BCUT2D eigenvalue weighted by Gasteiger charge is 2.30. The minimum absolute atomic E-state index is 0.0185. The van der Waals surface area contributed by atoms with E-state index in [0.717, 1.165) is 17.7 Å². The molecular formula is C25H23F4N3O3. The number of amides is 1. The largest absolute Gasteiger partial charge is 0.494 e. The lowest BCUT2D eigenvalue weighted by atomic mass is 10.1. The van der Waals surface area contributed by atoms with Gasteiger partial charge in [0.15, 0.2) is 11.6 Å². The van der Waals surface area contributed by atoms with E-state index in [-0.39, 0.29) is 17.5 Å². The maximum Gasteiger partial charge on any atom is 0.417 e. The van der Waals surface area contributed by atoms with Crippen molar-refractivity contribution < 1.29 is 31.8 Å². The molecule has 0 spiro atoms. The second kappa shape index (κ2) is 10.3. The van der Waals surface area contributed by atoms with Crippen molar-refractivity contribution in [2.24, 2.45) is 0 Å². The first-order chi connectivity index (χ1) is 16.7. The average molecular weight is 489 g/mol. The predicted octanol–water partition coefficient (Wildman–Crippen LogP) is 5.00. The molecule has 1 aliphatic rings. The minimum atomic E-state index is -4.47. The van der Waals surface area contributed by atoms with E-state index in [4.69, 9.17) is 9.47 Å². The van der Waals surface area contributed by atoms with Crippen molar-refractivity contribution in [3.8, 4) is 17.4 Å². The second-order valence-electron chi connectivity index (χ2n) is 8.05. The molecule has 1 aliphatic heterocycles. The van der Waals surface area contributed by atoms with Gasteiger partial charge in [-0.05, 0) is 48.0 Å². The Hall–Kier alpha value is -3.66. The van der Waals surface area contributed by atoms with Crippen molar-refractivity contribution in [1.82, 2.24) is 14.8 Å². The molecule has 0 N–H and O–H groups in total. The number of carbonyl (C=O) groups excluding carboxylic acids is 1. The van der Waals surface area contributed by atoms with Gasteiger partial charge in [0.05, 0.1) is 12.7 Å². The van der Waals surface area contributed by atoms with Gasteiger partial charge in [-0.1, -0.05) is 6.07 Å². The lowest BCUT2D eigenvalue weighted by Crippen LogP contribution is -2.48. The molecule has 0 atom stereocenters. The minimum Gasteiger partial charge on any atom is -0.494 e. The Bertz CT molecular complexity index is 1160. The van der Waals surface area contributed by atoms with Gasteiger partial charge in [-0.3, -0.25) is 9.69 Å². The molecule has 35 heavy (non-hydrogen) atoms. The van der Waals surface area contributed by atoms with Gasteiger partial charge in [-0.15, -0.1) is 0 Å². The zero-order valence-corrected chi connectivity index (χ0v) is 18.9. The summed E-state index contributed by atoms with van der Waals surface area (Å²) in [6, 6.07) is 13.3. The quantitative estimate of drug-likeness (QED) is 0.457. The maximum absolute atomic E-state index is 13.9. The summed E-state index contributed by atoms with van der Waals surface area (Å²) in [6.07, 6.45) is -3.76. The third-order valence-electron chi connectivity index (χ3n) is 5.67. The number of hydrogen-bond acceptors (Lipinski definition) is 5. The molecule has 0 unspecified atom stereocenters. The Kier molecular flexibility index (Phi) is 7.20. The van der Waals surface area contributed by atoms with E-state index < -0.39 is 17.6 Å². The third kappa shape index (κ3) is 6.07. The lowest BCUT2D eigenvalue weighted by Gasteiger charge is -2.34. The van der Waals surface area contributed by atoms with Gasteiger partial charge in [-0.2, -0.15) is 13.2 Å². The van der Waals surface area contributed by atoms with E-state index in [2.05, 4.69) is 9.88 Å². The standard InChI is InChI=1S/C25H23F4N3O3/c1-34-22-8-2-17(14-21(22)26)16-31-10-12-32(13-11-31)24(33)18-3-6-20(7-4-18)35-23-9-5-19(15-30-23)25(27,28)29/h2-9,14-15H,10-13,16H2,1H3. The van der Waals surface area contributed by atoms with Crippen LogP contribution < -0.4 is 9.47 Å². The summed E-state index contributed by atoms with van der Waals surface area (Å²) in [6.45, 7) is 2.95. The van der Waals surface area contributed by atoms with Gasteiger partial charge < -0.3 is 14.4 Å². The summed E-state index contributed by atoms with van der Waals surface area (Å²) in [5, 5.41) is 0. The summed E-state index contributed by atoms with van der Waals surface area (Å²) in [7, 11) is 1.42. The van der Waals surface area contributed by atoms with Crippen molar-refractivity contribution in [1.29, 1.82) is 0 Å². The van der Waals surface area contributed by atoms with Crippen LogP contribution in [-0.4, -0.2) is 54.0 Å². The number of aromatic nitrogens is 1. The Balaban J connectivity index is 1.29. The van der Waals surface area contributed by atoms with Crippen molar-refractivity contribution in [2.75, 3.05) is 33.3 Å². The molecule has 3 aromatic rings. The van der Waals surface area contributed by atoms with Crippen LogP contribution in [0, 0.1) is 5.82 Å². The molecule has 1 fully saturated rings. The molecule has 0 aliphatic carbocycles. The van der Waals surface area contributed by atoms with Crippen LogP contribution in [0.5, 0.6) is 17.4 Å². The molecule has 6 nitrogen and oxygen atoms in total. The molecular weight excluding hydrogens is 466 g/mol. The zero-order chi connectivity index (χ0) is 25.0. The number of pyridine rings is 1. The van der Waals surface area contributed by atoms with Crippen LogP contribution in [0.2, 0.25) is 0 Å². The summed E-state index contributed by atoms with van der Waals surface area (Å²) >= 11 is 0. The van der Waals surface area contributed by atoms with E-state index in [9.17, 15) is 22.4 Å². The molecule has 4 rings (SSSR count). The Morgan fingerprint density at radius 3 is 2.29 bits per heavy atom. The summed E-state index contributed by atoms with van der Waals surface area (Å²) in [5.74, 6) is 0.0474. The fourth-order valence-corrected chi connectivity index (χ4v) is 3.75. The number of piperazine rings is 1. The first-order valence-corrected chi connectivity index (χ1v) is 10.9. The van der Waals surface area contributed by atoms with Crippen molar-refractivity contribution >= 4 is 5.91 Å². The van der Waals surface area contributed by atoms with Gasteiger partial charge in [0.25, 0.3) is 5.91 Å². The van der Waals surface area contributed by atoms with Gasteiger partial charge in [0.2, 0.25) is 5.88 Å². The molecule has 1 saturated heterocycles. The van der Waals surface area contributed by atoms with E-state index in [1.165, 1.54) is 13.2 Å². The fourth-order valence-electron chi connectivity index (χ4n) is 3.75. The van der Waals surface area contributed by atoms with Crippen LogP contribution >= 0.6 is 0 Å². The van der Waals surface area contributed by atoms with Gasteiger partial charge in [-0.25, -0.2) is 9.37 Å². The molecule has 0 bridgehead atoms. The summed E-state index contributed by atoms with van der Waals surface area (Å²) < 4.78 is 62.3. The Labute approximate surface area is 199 Å². The number of ether oxygens (including phenoxy) is 2. The molecule has 0 saturated carbocycles. The average Bonchev–Trinajstić information content (AvgIpc) is 2.84. The normalized spacial score (nSPS) is 14.6. The monoisotopic (exact) mass is 489 g/mol. The van der Waals surface area contributed by atoms with Crippen molar-refractivity contribution in [2.45, 2.75) is 12.7 Å². The van der Waals surface area contributed by atoms with Crippen molar-refractivity contribution in [3.63, 3.8) is 0 Å². The van der Waals surface area contributed by atoms with Gasteiger partial charge in [0, 0.05) is 50.6 Å². The first kappa shape index (κ1) is 24.5. The zero-order valence-electron chi connectivity index (χ0n) is 18.9. The van der Waals surface area contributed by atoms with Crippen LogP contribution in [0.4, 0.5) is 17.6 Å². The highest BCUT2D eigenvalue weighted by Crippen LogP contribution is 2.30. The molecule has 10 heteroatoms. The third-order valence-corrected chi connectivity index (χ3v) is 5.67. The Morgan fingerprint density at radius 1 is 1.00 bits per heavy atom. The predicted molar refractivity (Wildman–Crippen MR) is 120 cm³/mol. The number of benzene rings is 2. The number of carbonyl (C=O) groups is 1. The van der Waals surface area contributed by atoms with Crippen LogP contribution in [-0.2, 0) is 12.7 Å². The van der Waals surface area contributed by atoms with E-state index in [1.54, 1.807) is 35.2 Å². The highest BCUT2D eigenvalue weighted by atomic mass is 19.4. The molecule has 2 aromatic carbocycles. The topological polar surface area (TPSA) is 54.9 Å². The number of alkyl halides is 3. The smallest absolute Gasteiger partial charge is 0.417 e. The Morgan fingerprint density at radius 2 is 1.71 bits per heavy atom. The van der Waals surface area contributed by atoms with Crippen LogP contribution in [0.1, 0.15) is 21.5 Å². The van der Waals surface area contributed by atoms with E-state index in [0.29, 0.717) is 50.2 Å². The SMILES string of the molecule is COc1ccc(CN2CCN(C(=O)c3ccc(Oc4ccc(C(F)(F)F)cn4)cc3)CC2)cc1F. The highest BCUT2D eigenvalue weighted by molar-refractivity contribution is 5.94. The maximum atomic E-state index is 13.9. The van der Waals surface area contributed by atoms with Crippen LogP contribution in [0.15, 0.2) is 60.8 Å². The van der Waals surface area contributed by atoms with E-state index in [1.807, 2.05) is 6.07 Å². The van der Waals surface area contributed by atoms with Gasteiger partial charge in [0.1, 0.15) is 5.75 Å². The molecule has 184 valence electrons. The lowest BCUT2D eigenvalue weighted by molar-refractivity contribution is -0.137.